The third-order valence-electron chi connectivity index (χ3n) is 7.02. The summed E-state index contributed by atoms with van der Waals surface area (Å²) >= 11 is 0. The van der Waals surface area contributed by atoms with Gasteiger partial charge in [-0.25, -0.2) is 0 Å². The Labute approximate surface area is 178 Å². The van der Waals surface area contributed by atoms with Crippen molar-refractivity contribution in [2.24, 2.45) is 5.41 Å². The minimum atomic E-state index is -2.26. The average Bonchev–Trinajstić information content (AvgIpc) is 2.75. The maximum atomic E-state index is 2.53. The summed E-state index contributed by atoms with van der Waals surface area (Å²) in [5.41, 5.74) is 0.376. The first-order valence-electron chi connectivity index (χ1n) is 11.0. The molecule has 3 aromatic rings. The van der Waals surface area contributed by atoms with Crippen LogP contribution in [-0.4, -0.2) is 5.16 Å². The van der Waals surface area contributed by atoms with Crippen LogP contribution in [0.2, 0.25) is 0 Å². The number of rotatable bonds is 8. The SMILES string of the molecule is CCC(C)(C)CCC(C)(C)[PH](c1ccccc1)(c1ccccc1)c1ccccc1. The zero-order valence-electron chi connectivity index (χ0n) is 18.8. The van der Waals surface area contributed by atoms with Gasteiger partial charge in [0.15, 0.2) is 0 Å². The fourth-order valence-electron chi connectivity index (χ4n) is 4.75. The van der Waals surface area contributed by atoms with Crippen LogP contribution < -0.4 is 15.9 Å². The van der Waals surface area contributed by atoms with E-state index in [1.807, 2.05) is 0 Å². The van der Waals surface area contributed by atoms with Gasteiger partial charge in [-0.2, -0.15) is 0 Å². The summed E-state index contributed by atoms with van der Waals surface area (Å²) in [6, 6.07) is 34.0. The average molecular weight is 405 g/mol. The standard InChI is InChI=1S/C28H37P/c1-6-27(2,3)22-23-28(4,5)29(24-16-10-7-11-17-24,25-18-12-8-13-19-25)26-20-14-9-15-21-26/h7-21,29H,6,22-23H2,1-5H3. The molecule has 0 aliphatic carbocycles. The Morgan fingerprint density at radius 1 is 0.552 bits per heavy atom. The van der Waals surface area contributed by atoms with Crippen molar-refractivity contribution in [3.63, 3.8) is 0 Å². The monoisotopic (exact) mass is 404 g/mol. The van der Waals surface area contributed by atoms with Gasteiger partial charge in [0.1, 0.15) is 0 Å². The molecule has 29 heavy (non-hydrogen) atoms. The van der Waals surface area contributed by atoms with Crippen molar-refractivity contribution < 1.29 is 0 Å². The van der Waals surface area contributed by atoms with Gasteiger partial charge in [-0.05, 0) is 0 Å². The Morgan fingerprint density at radius 3 is 1.21 bits per heavy atom. The summed E-state index contributed by atoms with van der Waals surface area (Å²) in [6.45, 7) is 12.2. The number of benzene rings is 3. The molecule has 0 heterocycles. The van der Waals surface area contributed by atoms with Crippen molar-refractivity contribution >= 4 is 23.2 Å². The van der Waals surface area contributed by atoms with Gasteiger partial charge in [0.25, 0.3) is 0 Å². The fourth-order valence-corrected chi connectivity index (χ4v) is 10.7. The van der Waals surface area contributed by atoms with Crippen LogP contribution in [-0.2, 0) is 0 Å². The Balaban J connectivity index is 2.28. The summed E-state index contributed by atoms with van der Waals surface area (Å²) in [7, 11) is -2.26. The molecule has 0 spiro atoms. The molecule has 0 radical (unpaired) electrons. The van der Waals surface area contributed by atoms with E-state index in [0.717, 1.165) is 0 Å². The second kappa shape index (κ2) is 8.85. The van der Waals surface area contributed by atoms with Gasteiger partial charge in [0.05, 0.1) is 0 Å². The van der Waals surface area contributed by atoms with Crippen molar-refractivity contribution in [2.45, 2.75) is 59.0 Å². The van der Waals surface area contributed by atoms with Crippen LogP contribution in [0.15, 0.2) is 91.0 Å². The van der Waals surface area contributed by atoms with Crippen molar-refractivity contribution in [1.29, 1.82) is 0 Å². The molecule has 0 nitrogen and oxygen atoms in total. The van der Waals surface area contributed by atoms with Gasteiger partial charge in [-0.1, -0.05) is 0 Å². The van der Waals surface area contributed by atoms with E-state index in [-0.39, 0.29) is 5.16 Å². The molecule has 3 aromatic carbocycles. The van der Waals surface area contributed by atoms with Gasteiger partial charge in [0.2, 0.25) is 0 Å². The van der Waals surface area contributed by atoms with Crippen molar-refractivity contribution in [3.05, 3.63) is 91.0 Å². The molecule has 0 aromatic heterocycles. The van der Waals surface area contributed by atoms with Crippen LogP contribution in [0.25, 0.3) is 0 Å². The summed E-state index contributed by atoms with van der Waals surface area (Å²) in [5.74, 6) is 0. The summed E-state index contributed by atoms with van der Waals surface area (Å²) in [4.78, 5) is 0. The first kappa shape index (κ1) is 21.8. The molecule has 0 atom stereocenters. The van der Waals surface area contributed by atoms with Crippen LogP contribution in [0.1, 0.15) is 53.9 Å². The maximum absolute atomic E-state index is 2.53. The predicted molar refractivity (Wildman–Crippen MR) is 134 cm³/mol. The minimum absolute atomic E-state index is 0.170. The van der Waals surface area contributed by atoms with E-state index < -0.39 is 7.26 Å². The predicted octanol–water partition coefficient (Wildman–Crippen LogP) is 6.71. The van der Waals surface area contributed by atoms with E-state index in [2.05, 4.69) is 126 Å². The molecule has 0 saturated heterocycles. The second-order valence-corrected chi connectivity index (χ2v) is 14.3. The molecule has 3 rings (SSSR count). The molecule has 0 amide bonds. The van der Waals surface area contributed by atoms with Crippen LogP contribution >= 0.6 is 7.26 Å². The zero-order chi connectivity index (χ0) is 21.0. The third kappa shape index (κ3) is 4.34. The van der Waals surface area contributed by atoms with Gasteiger partial charge >= 0.3 is 179 Å². The number of hydrogen-bond donors (Lipinski definition) is 0. The molecule has 0 fully saturated rings. The van der Waals surface area contributed by atoms with E-state index in [1.165, 1.54) is 35.2 Å². The van der Waals surface area contributed by atoms with Crippen LogP contribution in [0, 0.1) is 5.41 Å². The van der Waals surface area contributed by atoms with E-state index >= 15 is 0 Å². The fraction of sp³-hybridized carbons (Fsp3) is 0.357. The summed E-state index contributed by atoms with van der Waals surface area (Å²) in [6.07, 6.45) is 3.69. The van der Waals surface area contributed by atoms with Gasteiger partial charge in [-0.3, -0.25) is 0 Å². The quantitative estimate of drug-likeness (QED) is 0.366. The van der Waals surface area contributed by atoms with E-state index in [9.17, 15) is 0 Å². The Kier molecular flexibility index (Phi) is 6.65. The Morgan fingerprint density at radius 2 is 0.897 bits per heavy atom. The molecule has 0 aliphatic heterocycles. The first-order valence-corrected chi connectivity index (χ1v) is 13.0. The molecular weight excluding hydrogens is 367 g/mol. The molecule has 154 valence electrons. The van der Waals surface area contributed by atoms with Gasteiger partial charge < -0.3 is 0 Å². The number of hydrogen-bond acceptors (Lipinski definition) is 0. The molecule has 0 saturated carbocycles. The molecular formula is C28H37P. The first-order chi connectivity index (χ1) is 13.8. The molecule has 0 N–H and O–H groups in total. The van der Waals surface area contributed by atoms with Crippen molar-refractivity contribution in [1.82, 2.24) is 0 Å². The van der Waals surface area contributed by atoms with Gasteiger partial charge in [0, 0.05) is 0 Å². The van der Waals surface area contributed by atoms with E-state index in [0.29, 0.717) is 5.41 Å². The molecule has 1 heteroatoms. The summed E-state index contributed by atoms with van der Waals surface area (Å²) in [5, 5.41) is 4.70. The molecule has 0 bridgehead atoms. The van der Waals surface area contributed by atoms with Crippen molar-refractivity contribution in [3.8, 4) is 0 Å². The Bertz CT molecular complexity index is 783. The zero-order valence-corrected chi connectivity index (χ0v) is 19.8. The van der Waals surface area contributed by atoms with Crippen LogP contribution in [0.4, 0.5) is 0 Å². The van der Waals surface area contributed by atoms with Crippen LogP contribution in [0.5, 0.6) is 0 Å². The normalized spacial score (nSPS) is 13.3. The van der Waals surface area contributed by atoms with E-state index in [1.54, 1.807) is 0 Å². The summed E-state index contributed by atoms with van der Waals surface area (Å²) < 4.78 is 0. The van der Waals surface area contributed by atoms with Gasteiger partial charge in [-0.15, -0.1) is 0 Å². The van der Waals surface area contributed by atoms with Crippen molar-refractivity contribution in [2.75, 3.05) is 0 Å². The van der Waals surface area contributed by atoms with Crippen LogP contribution in [0.3, 0.4) is 0 Å². The topological polar surface area (TPSA) is 0 Å². The third-order valence-corrected chi connectivity index (χ3v) is 12.9. The van der Waals surface area contributed by atoms with E-state index in [4.69, 9.17) is 0 Å². The second-order valence-electron chi connectivity index (χ2n) is 9.75. The molecule has 0 unspecified atom stereocenters. The Hall–Kier alpha value is -1.91. The molecule has 0 aliphatic rings.